The lowest BCUT2D eigenvalue weighted by molar-refractivity contribution is 0.297. The predicted molar refractivity (Wildman–Crippen MR) is 61.5 cm³/mol. The molecule has 0 spiro atoms. The van der Waals surface area contributed by atoms with E-state index in [-0.39, 0.29) is 17.6 Å². The number of nitriles is 1. The lowest BCUT2D eigenvalue weighted by Crippen LogP contribution is -2.42. The number of nitrogens with zero attached hydrogens (tertiary/aromatic N) is 2. The van der Waals surface area contributed by atoms with Gasteiger partial charge < -0.3 is 5.73 Å². The van der Waals surface area contributed by atoms with E-state index < -0.39 is 11.2 Å². The molecule has 1 aromatic heterocycles. The maximum Gasteiger partial charge on any atom is 0.328 e. The van der Waals surface area contributed by atoms with Gasteiger partial charge in [0.15, 0.2) is 0 Å². The molecule has 0 aliphatic heterocycles. The normalized spacial score (nSPS) is 24.2. The highest BCUT2D eigenvalue weighted by molar-refractivity contribution is 5.22. The minimum Gasteiger partial charge on any atom is -0.326 e. The number of aromatic nitrogens is 2. The summed E-state index contributed by atoms with van der Waals surface area (Å²) in [6, 6.07) is 1.55. The van der Waals surface area contributed by atoms with Crippen LogP contribution in [0.1, 0.15) is 37.3 Å². The molecule has 0 unspecified atom stereocenters. The van der Waals surface area contributed by atoms with E-state index in [1.54, 1.807) is 6.07 Å². The average molecular weight is 234 g/mol. The van der Waals surface area contributed by atoms with Crippen LogP contribution in [0.2, 0.25) is 0 Å². The largest absolute Gasteiger partial charge is 0.328 e. The SMILES string of the molecule is N#Cc1cn([C@H]2CCCC[C@@H]2N)c(=O)[nH]c1=O. The molecule has 0 saturated heterocycles. The minimum atomic E-state index is -0.641. The summed E-state index contributed by atoms with van der Waals surface area (Å²) < 4.78 is 1.39. The monoisotopic (exact) mass is 234 g/mol. The predicted octanol–water partition coefficient (Wildman–Crippen LogP) is -0.149. The van der Waals surface area contributed by atoms with Crippen molar-refractivity contribution in [2.24, 2.45) is 5.73 Å². The summed E-state index contributed by atoms with van der Waals surface area (Å²) in [5.74, 6) is 0. The molecule has 6 nitrogen and oxygen atoms in total. The first-order valence-corrected chi connectivity index (χ1v) is 5.64. The molecule has 1 saturated carbocycles. The molecule has 2 rings (SSSR count). The molecule has 6 heteroatoms. The molecular formula is C11H14N4O2. The number of H-pyrrole nitrogens is 1. The fourth-order valence-electron chi connectivity index (χ4n) is 2.30. The van der Waals surface area contributed by atoms with Crippen molar-refractivity contribution in [2.45, 2.75) is 37.8 Å². The van der Waals surface area contributed by atoms with Crippen molar-refractivity contribution in [3.05, 3.63) is 32.6 Å². The molecule has 1 aliphatic rings. The minimum absolute atomic E-state index is 0.0534. The highest BCUT2D eigenvalue weighted by Gasteiger charge is 2.24. The van der Waals surface area contributed by atoms with Crippen LogP contribution in [0.4, 0.5) is 0 Å². The molecular weight excluding hydrogens is 220 g/mol. The smallest absolute Gasteiger partial charge is 0.326 e. The van der Waals surface area contributed by atoms with E-state index in [0.717, 1.165) is 25.7 Å². The molecule has 1 aliphatic carbocycles. The molecule has 0 radical (unpaired) electrons. The van der Waals surface area contributed by atoms with E-state index in [0.29, 0.717) is 0 Å². The Balaban J connectivity index is 2.48. The quantitative estimate of drug-likeness (QED) is 0.705. The summed E-state index contributed by atoms with van der Waals surface area (Å²) in [7, 11) is 0. The van der Waals surface area contributed by atoms with Crippen molar-refractivity contribution in [1.82, 2.24) is 9.55 Å². The van der Waals surface area contributed by atoms with Crippen LogP contribution in [0, 0.1) is 11.3 Å². The zero-order valence-corrected chi connectivity index (χ0v) is 9.35. The van der Waals surface area contributed by atoms with Gasteiger partial charge in [0.1, 0.15) is 11.6 Å². The van der Waals surface area contributed by atoms with Gasteiger partial charge in [-0.15, -0.1) is 0 Å². The molecule has 0 aromatic carbocycles. The highest BCUT2D eigenvalue weighted by Crippen LogP contribution is 2.25. The van der Waals surface area contributed by atoms with Crippen LogP contribution in [0.5, 0.6) is 0 Å². The fourth-order valence-corrected chi connectivity index (χ4v) is 2.30. The van der Waals surface area contributed by atoms with Gasteiger partial charge in [-0.1, -0.05) is 12.8 Å². The van der Waals surface area contributed by atoms with E-state index >= 15 is 0 Å². The summed E-state index contributed by atoms with van der Waals surface area (Å²) in [6.07, 6.45) is 5.04. The molecule has 1 aromatic rings. The van der Waals surface area contributed by atoms with Crippen molar-refractivity contribution in [3.63, 3.8) is 0 Å². The van der Waals surface area contributed by atoms with Gasteiger partial charge in [-0.25, -0.2) is 4.79 Å². The van der Waals surface area contributed by atoms with Gasteiger partial charge >= 0.3 is 5.69 Å². The fraction of sp³-hybridized carbons (Fsp3) is 0.545. The Bertz CT molecular complexity index is 566. The molecule has 1 heterocycles. The van der Waals surface area contributed by atoms with Crippen molar-refractivity contribution >= 4 is 0 Å². The third-order valence-electron chi connectivity index (χ3n) is 3.23. The molecule has 90 valence electrons. The summed E-state index contributed by atoms with van der Waals surface area (Å²) in [5.41, 5.74) is 4.79. The Hall–Kier alpha value is -1.87. The Labute approximate surface area is 97.7 Å². The van der Waals surface area contributed by atoms with E-state index in [9.17, 15) is 9.59 Å². The summed E-state index contributed by atoms with van der Waals surface area (Å²) in [4.78, 5) is 25.1. The third kappa shape index (κ3) is 2.15. The summed E-state index contributed by atoms with van der Waals surface area (Å²) >= 11 is 0. The maximum atomic E-state index is 11.7. The molecule has 2 atom stereocenters. The lowest BCUT2D eigenvalue weighted by atomic mass is 9.91. The lowest BCUT2D eigenvalue weighted by Gasteiger charge is -2.29. The standard InChI is InChI=1S/C11H14N4O2/c12-5-7-6-15(11(17)14-10(7)16)9-4-2-1-3-8(9)13/h6,8-9H,1-4,13H2,(H,14,16,17)/t8-,9-/m0/s1. The van der Waals surface area contributed by atoms with Gasteiger partial charge in [0.05, 0.1) is 6.04 Å². The first-order valence-electron chi connectivity index (χ1n) is 5.64. The van der Waals surface area contributed by atoms with Crippen molar-refractivity contribution < 1.29 is 0 Å². The molecule has 3 N–H and O–H groups in total. The van der Waals surface area contributed by atoms with E-state index in [2.05, 4.69) is 4.98 Å². The Kier molecular flexibility index (Phi) is 3.11. The molecule has 0 amide bonds. The Morgan fingerprint density at radius 2 is 2.12 bits per heavy atom. The van der Waals surface area contributed by atoms with Crippen LogP contribution in [0.15, 0.2) is 15.8 Å². The van der Waals surface area contributed by atoms with Crippen LogP contribution in [-0.2, 0) is 0 Å². The van der Waals surface area contributed by atoms with E-state index in [1.165, 1.54) is 10.8 Å². The van der Waals surface area contributed by atoms with Gasteiger partial charge in [-0.2, -0.15) is 5.26 Å². The highest BCUT2D eigenvalue weighted by atomic mass is 16.2. The zero-order chi connectivity index (χ0) is 12.4. The van der Waals surface area contributed by atoms with Crippen LogP contribution in [-0.4, -0.2) is 15.6 Å². The van der Waals surface area contributed by atoms with Crippen molar-refractivity contribution in [2.75, 3.05) is 0 Å². The topological polar surface area (TPSA) is 105 Å². The summed E-state index contributed by atoms with van der Waals surface area (Å²) in [5, 5.41) is 8.78. The average Bonchev–Trinajstić information content (AvgIpc) is 2.31. The third-order valence-corrected chi connectivity index (χ3v) is 3.23. The first kappa shape index (κ1) is 11.6. The summed E-state index contributed by atoms with van der Waals surface area (Å²) in [6.45, 7) is 0. The number of hydrogen-bond acceptors (Lipinski definition) is 4. The zero-order valence-electron chi connectivity index (χ0n) is 9.35. The van der Waals surface area contributed by atoms with E-state index in [1.807, 2.05) is 0 Å². The second kappa shape index (κ2) is 4.55. The second-order valence-electron chi connectivity index (χ2n) is 4.34. The maximum absolute atomic E-state index is 11.7. The van der Waals surface area contributed by atoms with Gasteiger partial charge in [0.25, 0.3) is 5.56 Å². The molecule has 0 bridgehead atoms. The Morgan fingerprint density at radius 1 is 1.41 bits per heavy atom. The number of rotatable bonds is 1. The molecule has 17 heavy (non-hydrogen) atoms. The van der Waals surface area contributed by atoms with Crippen LogP contribution < -0.4 is 17.0 Å². The number of nitrogens with one attached hydrogen (secondary N) is 1. The first-order chi connectivity index (χ1) is 8.13. The number of nitrogens with two attached hydrogens (primary N) is 1. The van der Waals surface area contributed by atoms with Gasteiger partial charge in [0.2, 0.25) is 0 Å². The number of hydrogen-bond donors (Lipinski definition) is 2. The molecule has 1 fully saturated rings. The van der Waals surface area contributed by atoms with Gasteiger partial charge in [-0.3, -0.25) is 14.3 Å². The van der Waals surface area contributed by atoms with Crippen molar-refractivity contribution in [3.8, 4) is 6.07 Å². The van der Waals surface area contributed by atoms with Gasteiger partial charge in [-0.05, 0) is 12.8 Å². The van der Waals surface area contributed by atoms with Gasteiger partial charge in [0, 0.05) is 12.2 Å². The van der Waals surface area contributed by atoms with E-state index in [4.69, 9.17) is 11.0 Å². The van der Waals surface area contributed by atoms with Crippen LogP contribution in [0.25, 0.3) is 0 Å². The second-order valence-corrected chi connectivity index (χ2v) is 4.34. The van der Waals surface area contributed by atoms with Crippen LogP contribution in [0.3, 0.4) is 0 Å². The Morgan fingerprint density at radius 3 is 2.76 bits per heavy atom. The van der Waals surface area contributed by atoms with Crippen LogP contribution >= 0.6 is 0 Å². The number of aromatic amines is 1. The van der Waals surface area contributed by atoms with Crippen molar-refractivity contribution in [1.29, 1.82) is 5.26 Å².